The molecule has 0 spiro atoms. The molecule has 3 heterocycles. The van der Waals surface area contributed by atoms with Crippen LogP contribution in [-0.2, 0) is 9.59 Å². The van der Waals surface area contributed by atoms with Gasteiger partial charge in [-0.05, 0) is 36.8 Å². The lowest BCUT2D eigenvalue weighted by molar-refractivity contribution is -0.123. The van der Waals surface area contributed by atoms with E-state index in [0.29, 0.717) is 42.0 Å². The molecule has 0 saturated heterocycles. The summed E-state index contributed by atoms with van der Waals surface area (Å²) in [6.45, 7) is 2.83. The summed E-state index contributed by atoms with van der Waals surface area (Å²) in [5, 5.41) is 10.3. The van der Waals surface area contributed by atoms with Gasteiger partial charge < -0.3 is 24.8 Å². The number of hydrogen-bond donors (Lipinski definition) is 2. The van der Waals surface area contributed by atoms with Gasteiger partial charge in [-0.3, -0.25) is 9.59 Å². The summed E-state index contributed by atoms with van der Waals surface area (Å²) >= 11 is 0. The van der Waals surface area contributed by atoms with E-state index in [9.17, 15) is 9.59 Å². The minimum Gasteiger partial charge on any atom is -0.497 e. The Balaban J connectivity index is 1.36. The smallest absolute Gasteiger partial charge is 0.251 e. The van der Waals surface area contributed by atoms with Crippen LogP contribution >= 0.6 is 0 Å². The van der Waals surface area contributed by atoms with Crippen molar-refractivity contribution < 1.29 is 23.8 Å². The molecule has 0 saturated carbocycles. The highest BCUT2D eigenvalue weighted by molar-refractivity contribution is 6.04. The van der Waals surface area contributed by atoms with Crippen LogP contribution in [0.4, 0.5) is 11.5 Å². The van der Waals surface area contributed by atoms with Crippen LogP contribution in [0, 0.1) is 6.92 Å². The molecular weight excluding hydrogens is 412 g/mol. The van der Waals surface area contributed by atoms with E-state index in [1.165, 1.54) is 0 Å². The van der Waals surface area contributed by atoms with Gasteiger partial charge in [0.2, 0.25) is 5.91 Å². The summed E-state index contributed by atoms with van der Waals surface area (Å²) in [4.78, 5) is 25.4. The topological polar surface area (TPSA) is 104 Å². The zero-order valence-corrected chi connectivity index (χ0v) is 17.7. The number of carbonyl (C=O) groups is 2. The molecule has 0 radical (unpaired) electrons. The number of rotatable bonds is 5. The van der Waals surface area contributed by atoms with Gasteiger partial charge in [0.1, 0.15) is 30.8 Å². The number of amides is 2. The highest BCUT2D eigenvalue weighted by Crippen LogP contribution is 2.39. The number of nitrogens with one attached hydrogen (secondary N) is 2. The van der Waals surface area contributed by atoms with Crippen LogP contribution in [0.3, 0.4) is 0 Å². The second-order valence-corrected chi connectivity index (χ2v) is 7.60. The maximum absolute atomic E-state index is 12.7. The van der Waals surface area contributed by atoms with E-state index in [2.05, 4.69) is 15.7 Å². The van der Waals surface area contributed by atoms with Gasteiger partial charge >= 0.3 is 0 Å². The first kappa shape index (κ1) is 19.9. The lowest BCUT2D eigenvalue weighted by Crippen LogP contribution is -2.24. The molecule has 1 aromatic heterocycles. The number of fused-ring (bicyclic) bond motifs is 2. The molecule has 1 unspecified atom stereocenters. The van der Waals surface area contributed by atoms with E-state index in [-0.39, 0.29) is 18.2 Å². The fourth-order valence-electron chi connectivity index (χ4n) is 4.02. The number of carbonyl (C=O) groups excluding carboxylic acids is 2. The zero-order valence-electron chi connectivity index (χ0n) is 17.7. The maximum Gasteiger partial charge on any atom is 0.251 e. The first-order chi connectivity index (χ1) is 15.5. The van der Waals surface area contributed by atoms with E-state index < -0.39 is 6.04 Å². The molecule has 2 amide bonds. The monoisotopic (exact) mass is 434 g/mol. The molecular formula is C23H22N4O5. The second-order valence-electron chi connectivity index (χ2n) is 7.60. The highest BCUT2D eigenvalue weighted by Gasteiger charge is 2.36. The van der Waals surface area contributed by atoms with Crippen molar-refractivity contribution in [3.63, 3.8) is 0 Å². The minimum absolute atomic E-state index is 0.0497. The molecule has 3 aromatic rings. The zero-order chi connectivity index (χ0) is 22.2. The summed E-state index contributed by atoms with van der Waals surface area (Å²) < 4.78 is 18.0. The van der Waals surface area contributed by atoms with Crippen LogP contribution in [0.25, 0.3) is 11.1 Å². The van der Waals surface area contributed by atoms with Crippen molar-refractivity contribution in [3.8, 4) is 28.4 Å². The van der Waals surface area contributed by atoms with Gasteiger partial charge in [-0.2, -0.15) is 5.10 Å². The Labute approximate surface area is 184 Å². The average molecular weight is 434 g/mol. The largest absolute Gasteiger partial charge is 0.497 e. The van der Waals surface area contributed by atoms with Gasteiger partial charge in [0, 0.05) is 17.3 Å². The van der Waals surface area contributed by atoms with Gasteiger partial charge in [-0.25, -0.2) is 4.68 Å². The Morgan fingerprint density at radius 3 is 2.84 bits per heavy atom. The van der Waals surface area contributed by atoms with Crippen LogP contribution in [0.5, 0.6) is 17.2 Å². The Morgan fingerprint density at radius 1 is 1.22 bits per heavy atom. The summed E-state index contributed by atoms with van der Waals surface area (Å²) in [6.07, 6.45) is -0.0497. The third-order valence-corrected chi connectivity index (χ3v) is 5.49. The number of aryl methyl sites for hydroxylation is 1. The quantitative estimate of drug-likeness (QED) is 0.639. The minimum atomic E-state index is -0.736. The molecule has 5 rings (SSSR count). The molecule has 2 aliphatic rings. The fraction of sp³-hybridized carbons (Fsp3) is 0.261. The van der Waals surface area contributed by atoms with Crippen molar-refractivity contribution in [1.29, 1.82) is 0 Å². The van der Waals surface area contributed by atoms with Crippen LogP contribution in [-0.4, -0.2) is 41.9 Å². The van der Waals surface area contributed by atoms with Crippen molar-refractivity contribution in [2.45, 2.75) is 19.4 Å². The lowest BCUT2D eigenvalue weighted by Gasteiger charge is -2.19. The Morgan fingerprint density at radius 2 is 2.03 bits per heavy atom. The van der Waals surface area contributed by atoms with Crippen molar-refractivity contribution in [3.05, 3.63) is 48.2 Å². The molecule has 9 nitrogen and oxygen atoms in total. The maximum atomic E-state index is 12.7. The SMILES string of the molecule is COc1cccc(-c2c(C)nn3c2NC(=O)C3CC(=O)Nc2ccc3c(c2)OCCO3)c1. The molecule has 1 atom stereocenters. The number of anilines is 2. The van der Waals surface area contributed by atoms with Crippen molar-refractivity contribution in [1.82, 2.24) is 9.78 Å². The molecule has 0 aliphatic carbocycles. The lowest BCUT2D eigenvalue weighted by atomic mass is 10.1. The van der Waals surface area contributed by atoms with Crippen LogP contribution in [0.2, 0.25) is 0 Å². The number of benzene rings is 2. The van der Waals surface area contributed by atoms with Gasteiger partial charge in [0.25, 0.3) is 5.91 Å². The molecule has 2 N–H and O–H groups in total. The third kappa shape index (κ3) is 3.51. The van der Waals surface area contributed by atoms with Crippen LogP contribution in [0.15, 0.2) is 42.5 Å². The number of methoxy groups -OCH3 is 1. The van der Waals surface area contributed by atoms with E-state index in [1.807, 2.05) is 31.2 Å². The number of nitrogens with zero attached hydrogens (tertiary/aromatic N) is 2. The van der Waals surface area contributed by atoms with E-state index >= 15 is 0 Å². The average Bonchev–Trinajstić information content (AvgIpc) is 3.27. The molecule has 9 heteroatoms. The first-order valence-corrected chi connectivity index (χ1v) is 10.3. The van der Waals surface area contributed by atoms with Gasteiger partial charge in [-0.1, -0.05) is 12.1 Å². The van der Waals surface area contributed by atoms with Crippen LogP contribution in [0.1, 0.15) is 18.2 Å². The Kier molecular flexibility index (Phi) is 4.93. The molecule has 164 valence electrons. The normalized spacial score (nSPS) is 16.3. The Bertz CT molecular complexity index is 1220. The summed E-state index contributed by atoms with van der Waals surface area (Å²) in [5.74, 6) is 1.95. The molecule has 2 aliphatic heterocycles. The van der Waals surface area contributed by atoms with Crippen molar-refractivity contribution in [2.24, 2.45) is 0 Å². The van der Waals surface area contributed by atoms with Crippen molar-refractivity contribution in [2.75, 3.05) is 31.0 Å². The van der Waals surface area contributed by atoms with Gasteiger partial charge in [0.05, 0.1) is 19.2 Å². The standard InChI is InChI=1S/C23H22N4O5/c1-13-21(14-4-3-5-16(10-14)30-2)22-25-23(29)17(27(22)26-13)12-20(28)24-15-6-7-18-19(11-15)32-9-8-31-18/h3-7,10-11,17H,8-9,12H2,1-2H3,(H,24,28)(H,25,29). The van der Waals surface area contributed by atoms with E-state index in [0.717, 1.165) is 16.8 Å². The van der Waals surface area contributed by atoms with Crippen molar-refractivity contribution >= 4 is 23.3 Å². The predicted octanol–water partition coefficient (Wildman–Crippen LogP) is 3.16. The third-order valence-electron chi connectivity index (χ3n) is 5.49. The molecule has 0 bridgehead atoms. The first-order valence-electron chi connectivity index (χ1n) is 10.3. The number of ether oxygens (including phenoxy) is 3. The molecule has 32 heavy (non-hydrogen) atoms. The van der Waals surface area contributed by atoms with E-state index in [4.69, 9.17) is 14.2 Å². The summed E-state index contributed by atoms with van der Waals surface area (Å²) in [5.41, 5.74) is 3.02. The molecule has 2 aromatic carbocycles. The summed E-state index contributed by atoms with van der Waals surface area (Å²) in [6, 6.07) is 12.0. The summed E-state index contributed by atoms with van der Waals surface area (Å²) in [7, 11) is 1.60. The van der Waals surface area contributed by atoms with Gasteiger partial charge in [0.15, 0.2) is 11.5 Å². The number of aromatic nitrogens is 2. The number of hydrogen-bond acceptors (Lipinski definition) is 6. The highest BCUT2D eigenvalue weighted by atomic mass is 16.6. The van der Waals surface area contributed by atoms with Crippen LogP contribution < -0.4 is 24.8 Å². The fourth-order valence-corrected chi connectivity index (χ4v) is 4.02. The van der Waals surface area contributed by atoms with Gasteiger partial charge in [-0.15, -0.1) is 0 Å². The second kappa shape index (κ2) is 7.92. The predicted molar refractivity (Wildman–Crippen MR) is 117 cm³/mol. The molecule has 0 fully saturated rings. The van der Waals surface area contributed by atoms with E-state index in [1.54, 1.807) is 30.0 Å². The Hall–Kier alpha value is -4.01.